The zero-order valence-electron chi connectivity index (χ0n) is 10.9. The number of hydrogen-bond donors (Lipinski definition) is 0. The molecule has 0 radical (unpaired) electrons. The Kier molecular flexibility index (Phi) is 4.09. The molecule has 0 bridgehead atoms. The summed E-state index contributed by atoms with van der Waals surface area (Å²) in [5.41, 5.74) is 1.72. The summed E-state index contributed by atoms with van der Waals surface area (Å²) in [6, 6.07) is 14.9. The van der Waals surface area contributed by atoms with Gasteiger partial charge in [-0.05, 0) is 35.7 Å². The Labute approximate surface area is 118 Å². The standard InChI is InChI=1S/C16H14ClNO/c1-11(2)12-4-7-15(8-5-12)19-16-9-14(17)6-3-13(16)10-18/h3-9,11H,1-2H3. The Hall–Kier alpha value is -1.98. The molecule has 0 atom stereocenters. The molecule has 2 rings (SSSR count). The highest BCUT2D eigenvalue weighted by molar-refractivity contribution is 6.30. The van der Waals surface area contributed by atoms with Gasteiger partial charge in [0, 0.05) is 11.1 Å². The van der Waals surface area contributed by atoms with Crippen LogP contribution in [-0.4, -0.2) is 0 Å². The highest BCUT2D eigenvalue weighted by atomic mass is 35.5. The zero-order valence-corrected chi connectivity index (χ0v) is 11.6. The van der Waals surface area contributed by atoms with Crippen LogP contribution in [0.5, 0.6) is 11.5 Å². The fourth-order valence-electron chi connectivity index (χ4n) is 1.72. The van der Waals surface area contributed by atoms with Crippen molar-refractivity contribution in [1.82, 2.24) is 0 Å². The van der Waals surface area contributed by atoms with Crippen LogP contribution in [0.1, 0.15) is 30.9 Å². The van der Waals surface area contributed by atoms with E-state index in [1.54, 1.807) is 18.2 Å². The summed E-state index contributed by atoms with van der Waals surface area (Å²) >= 11 is 5.92. The molecule has 96 valence electrons. The first kappa shape index (κ1) is 13.5. The monoisotopic (exact) mass is 271 g/mol. The lowest BCUT2D eigenvalue weighted by atomic mass is 10.0. The zero-order chi connectivity index (χ0) is 13.8. The van der Waals surface area contributed by atoms with Crippen LogP contribution in [0.3, 0.4) is 0 Å². The minimum Gasteiger partial charge on any atom is -0.456 e. The van der Waals surface area contributed by atoms with E-state index in [0.29, 0.717) is 28.0 Å². The fourth-order valence-corrected chi connectivity index (χ4v) is 1.88. The molecule has 0 N–H and O–H groups in total. The Morgan fingerprint density at radius 1 is 1.11 bits per heavy atom. The maximum atomic E-state index is 9.03. The molecule has 2 aromatic rings. The van der Waals surface area contributed by atoms with Crippen molar-refractivity contribution in [2.75, 3.05) is 0 Å². The van der Waals surface area contributed by atoms with Crippen LogP contribution in [0.15, 0.2) is 42.5 Å². The average Bonchev–Trinajstić information content (AvgIpc) is 2.39. The highest BCUT2D eigenvalue weighted by Gasteiger charge is 2.06. The Balaban J connectivity index is 2.26. The van der Waals surface area contributed by atoms with Crippen LogP contribution in [0.25, 0.3) is 0 Å². The lowest BCUT2D eigenvalue weighted by Gasteiger charge is -2.10. The molecule has 0 heterocycles. The third-order valence-electron chi connectivity index (χ3n) is 2.84. The number of ether oxygens (including phenoxy) is 1. The molecule has 0 unspecified atom stereocenters. The van der Waals surface area contributed by atoms with Crippen molar-refractivity contribution in [1.29, 1.82) is 5.26 Å². The number of rotatable bonds is 3. The van der Waals surface area contributed by atoms with Gasteiger partial charge in [0.1, 0.15) is 17.6 Å². The van der Waals surface area contributed by atoms with Crippen molar-refractivity contribution in [2.24, 2.45) is 0 Å². The molecular weight excluding hydrogens is 258 g/mol. The molecule has 3 heteroatoms. The summed E-state index contributed by atoms with van der Waals surface area (Å²) in [5, 5.41) is 9.58. The number of hydrogen-bond acceptors (Lipinski definition) is 2. The van der Waals surface area contributed by atoms with Crippen molar-refractivity contribution in [3.8, 4) is 17.6 Å². The first-order valence-corrected chi connectivity index (χ1v) is 6.45. The summed E-state index contributed by atoms with van der Waals surface area (Å²) < 4.78 is 5.71. The summed E-state index contributed by atoms with van der Waals surface area (Å²) in [6.45, 7) is 4.28. The minimum atomic E-state index is 0.470. The van der Waals surface area contributed by atoms with E-state index in [1.165, 1.54) is 5.56 Å². The van der Waals surface area contributed by atoms with E-state index in [-0.39, 0.29) is 0 Å². The summed E-state index contributed by atoms with van der Waals surface area (Å²) in [7, 11) is 0. The van der Waals surface area contributed by atoms with E-state index in [4.69, 9.17) is 21.6 Å². The molecule has 0 aliphatic heterocycles. The van der Waals surface area contributed by atoms with Gasteiger partial charge in [-0.3, -0.25) is 0 Å². The van der Waals surface area contributed by atoms with Crippen LogP contribution < -0.4 is 4.74 Å². The van der Waals surface area contributed by atoms with Gasteiger partial charge in [0.05, 0.1) is 5.56 Å². The van der Waals surface area contributed by atoms with Crippen molar-refractivity contribution in [3.05, 3.63) is 58.6 Å². The van der Waals surface area contributed by atoms with Gasteiger partial charge in [-0.2, -0.15) is 5.26 Å². The van der Waals surface area contributed by atoms with E-state index < -0.39 is 0 Å². The van der Waals surface area contributed by atoms with Crippen LogP contribution in [0.4, 0.5) is 0 Å². The van der Waals surface area contributed by atoms with Crippen LogP contribution >= 0.6 is 11.6 Å². The largest absolute Gasteiger partial charge is 0.456 e. The normalized spacial score (nSPS) is 10.3. The highest BCUT2D eigenvalue weighted by Crippen LogP contribution is 2.28. The van der Waals surface area contributed by atoms with E-state index in [2.05, 4.69) is 19.9 Å². The van der Waals surface area contributed by atoms with Crippen molar-refractivity contribution in [2.45, 2.75) is 19.8 Å². The predicted molar refractivity (Wildman–Crippen MR) is 76.8 cm³/mol. The third-order valence-corrected chi connectivity index (χ3v) is 3.07. The number of nitriles is 1. The van der Waals surface area contributed by atoms with E-state index in [1.807, 2.05) is 24.3 Å². The molecule has 0 aromatic heterocycles. The topological polar surface area (TPSA) is 33.0 Å². The van der Waals surface area contributed by atoms with Gasteiger partial charge in [-0.15, -0.1) is 0 Å². The molecule has 0 fully saturated rings. The third kappa shape index (κ3) is 3.27. The first-order valence-electron chi connectivity index (χ1n) is 6.07. The summed E-state index contributed by atoms with van der Waals surface area (Å²) in [5.74, 6) is 1.66. The quantitative estimate of drug-likeness (QED) is 0.775. The lowest BCUT2D eigenvalue weighted by Crippen LogP contribution is -1.90. The maximum absolute atomic E-state index is 9.03. The van der Waals surface area contributed by atoms with Crippen molar-refractivity contribution >= 4 is 11.6 Å². The molecule has 0 spiro atoms. The predicted octanol–water partition coefficient (Wildman–Crippen LogP) is 5.13. The average molecular weight is 272 g/mol. The van der Waals surface area contributed by atoms with Crippen molar-refractivity contribution < 1.29 is 4.74 Å². The van der Waals surface area contributed by atoms with E-state index in [9.17, 15) is 0 Å². The molecule has 0 aliphatic rings. The second-order valence-corrected chi connectivity index (χ2v) is 5.01. The molecule has 0 saturated heterocycles. The van der Waals surface area contributed by atoms with E-state index in [0.717, 1.165) is 0 Å². The van der Waals surface area contributed by atoms with Gasteiger partial charge in [0.15, 0.2) is 0 Å². The summed E-state index contributed by atoms with van der Waals surface area (Å²) in [4.78, 5) is 0. The van der Waals surface area contributed by atoms with Gasteiger partial charge in [0.2, 0.25) is 0 Å². The fraction of sp³-hybridized carbons (Fsp3) is 0.188. The maximum Gasteiger partial charge on any atom is 0.146 e. The van der Waals surface area contributed by atoms with Crippen LogP contribution in [0.2, 0.25) is 5.02 Å². The number of benzene rings is 2. The molecule has 2 nitrogen and oxygen atoms in total. The van der Waals surface area contributed by atoms with E-state index >= 15 is 0 Å². The molecule has 0 saturated carbocycles. The second-order valence-electron chi connectivity index (χ2n) is 4.58. The molecule has 0 aliphatic carbocycles. The smallest absolute Gasteiger partial charge is 0.146 e. The van der Waals surface area contributed by atoms with Gasteiger partial charge in [0.25, 0.3) is 0 Å². The SMILES string of the molecule is CC(C)c1ccc(Oc2cc(Cl)ccc2C#N)cc1. The Bertz CT molecular complexity index is 612. The molecule has 19 heavy (non-hydrogen) atoms. The van der Waals surface area contributed by atoms with Crippen LogP contribution in [-0.2, 0) is 0 Å². The van der Waals surface area contributed by atoms with Gasteiger partial charge in [-0.1, -0.05) is 37.6 Å². The van der Waals surface area contributed by atoms with Gasteiger partial charge >= 0.3 is 0 Å². The molecule has 0 amide bonds. The number of halogens is 1. The lowest BCUT2D eigenvalue weighted by molar-refractivity contribution is 0.481. The van der Waals surface area contributed by atoms with Gasteiger partial charge < -0.3 is 4.74 Å². The van der Waals surface area contributed by atoms with Gasteiger partial charge in [-0.25, -0.2) is 0 Å². The summed E-state index contributed by atoms with van der Waals surface area (Å²) in [6.07, 6.45) is 0. The second kappa shape index (κ2) is 5.77. The molecular formula is C16H14ClNO. The Morgan fingerprint density at radius 2 is 1.79 bits per heavy atom. The first-order chi connectivity index (χ1) is 9.10. The Morgan fingerprint density at radius 3 is 2.37 bits per heavy atom. The minimum absolute atomic E-state index is 0.470. The van der Waals surface area contributed by atoms with Crippen LogP contribution in [0, 0.1) is 11.3 Å². The van der Waals surface area contributed by atoms with Crippen molar-refractivity contribution in [3.63, 3.8) is 0 Å². The number of nitrogens with zero attached hydrogens (tertiary/aromatic N) is 1. The molecule has 2 aromatic carbocycles.